The summed E-state index contributed by atoms with van der Waals surface area (Å²) in [5, 5.41) is 10.9. The van der Waals surface area contributed by atoms with Crippen LogP contribution >= 0.6 is 11.8 Å². The van der Waals surface area contributed by atoms with E-state index >= 15 is 0 Å². The number of aliphatic hydroxyl groups excluding tert-OH is 1. The predicted octanol–water partition coefficient (Wildman–Crippen LogP) is -0.402. The molecule has 0 atom stereocenters. The third-order valence-corrected chi connectivity index (χ3v) is 3.92. The van der Waals surface area contributed by atoms with Gasteiger partial charge in [0.25, 0.3) is 0 Å². The van der Waals surface area contributed by atoms with Crippen LogP contribution in [0.3, 0.4) is 0 Å². The van der Waals surface area contributed by atoms with Crippen molar-refractivity contribution < 1.29 is 18.1 Å². The highest BCUT2D eigenvalue weighted by molar-refractivity contribution is 8.01. The molecule has 0 spiro atoms. The number of aliphatic imine (C=N–C) groups is 1. The van der Waals surface area contributed by atoms with E-state index in [0.29, 0.717) is 17.2 Å². The molecular formula is C9H16N4O4S2. The van der Waals surface area contributed by atoms with Gasteiger partial charge < -0.3 is 15.4 Å². The predicted molar refractivity (Wildman–Crippen MR) is 73.6 cm³/mol. The van der Waals surface area contributed by atoms with Crippen LogP contribution in [0.1, 0.15) is 11.4 Å². The van der Waals surface area contributed by atoms with Crippen LogP contribution in [0.25, 0.3) is 0 Å². The van der Waals surface area contributed by atoms with Gasteiger partial charge in [0, 0.05) is 18.6 Å². The lowest BCUT2D eigenvalue weighted by atomic mass is 10.4. The fourth-order valence-electron chi connectivity index (χ4n) is 1.28. The van der Waals surface area contributed by atoms with E-state index in [-0.39, 0.29) is 13.2 Å². The Bertz CT molecular complexity index is 526. The highest BCUT2D eigenvalue weighted by atomic mass is 32.2. The maximum Gasteiger partial charge on any atom is 0.327 e. The molecule has 8 nitrogen and oxygen atoms in total. The van der Waals surface area contributed by atoms with E-state index in [4.69, 9.17) is 9.66 Å². The Balaban J connectivity index is 2.37. The van der Waals surface area contributed by atoms with Gasteiger partial charge in [0.2, 0.25) is 5.17 Å². The van der Waals surface area contributed by atoms with Crippen molar-refractivity contribution in [3.8, 4) is 0 Å². The maximum absolute atomic E-state index is 10.8. The Kier molecular flexibility index (Phi) is 6.28. The smallest absolute Gasteiger partial charge is 0.327 e. The van der Waals surface area contributed by atoms with Gasteiger partial charge >= 0.3 is 10.1 Å². The van der Waals surface area contributed by atoms with E-state index < -0.39 is 15.3 Å². The minimum absolute atomic E-state index is 0.0965. The molecule has 0 aliphatic heterocycles. The first-order chi connectivity index (χ1) is 8.99. The van der Waals surface area contributed by atoms with Crippen LogP contribution in [0.4, 0.5) is 0 Å². The van der Waals surface area contributed by atoms with Crippen LogP contribution in [-0.4, -0.2) is 52.6 Å². The molecule has 1 aromatic rings. The first-order valence-corrected chi connectivity index (χ1v) is 7.98. The fraction of sp³-hybridized carbons (Fsp3) is 0.556. The highest BCUT2D eigenvalue weighted by Gasteiger charge is 2.12. The Morgan fingerprint density at radius 2 is 2.37 bits per heavy atom. The molecule has 0 fully saturated rings. The van der Waals surface area contributed by atoms with Crippen LogP contribution in [-0.2, 0) is 22.5 Å². The topological polar surface area (TPSA) is 128 Å². The lowest BCUT2D eigenvalue weighted by molar-refractivity contribution is 0.276. The third kappa shape index (κ3) is 5.19. The van der Waals surface area contributed by atoms with E-state index in [1.165, 1.54) is 25.1 Å². The molecule has 0 amide bonds. The second-order valence-corrected chi connectivity index (χ2v) is 5.89. The van der Waals surface area contributed by atoms with Crippen LogP contribution in [0.2, 0.25) is 0 Å². The van der Waals surface area contributed by atoms with Crippen molar-refractivity contribution in [2.45, 2.75) is 12.4 Å². The summed E-state index contributed by atoms with van der Waals surface area (Å²) in [7, 11) is -2.90. The van der Waals surface area contributed by atoms with Gasteiger partial charge in [-0.3, -0.25) is 9.55 Å². The number of imidazole rings is 1. The number of rotatable bonds is 6. The van der Waals surface area contributed by atoms with Crippen molar-refractivity contribution in [3.63, 3.8) is 0 Å². The molecule has 19 heavy (non-hydrogen) atoms. The molecule has 0 aromatic carbocycles. The monoisotopic (exact) mass is 308 g/mol. The number of aromatic nitrogens is 2. The van der Waals surface area contributed by atoms with Crippen molar-refractivity contribution in [2.24, 2.45) is 4.99 Å². The first-order valence-electron chi connectivity index (χ1n) is 5.38. The number of amidine groups is 1. The molecule has 0 saturated heterocycles. The quantitative estimate of drug-likeness (QED) is 0.244. The van der Waals surface area contributed by atoms with Crippen LogP contribution in [0, 0.1) is 0 Å². The van der Waals surface area contributed by atoms with E-state index in [2.05, 4.69) is 20.3 Å². The number of H-pyrrole nitrogens is 1. The second kappa shape index (κ2) is 7.48. The minimum Gasteiger partial charge on any atom is -0.390 e. The van der Waals surface area contributed by atoms with Gasteiger partial charge in [-0.05, 0) is 0 Å². The number of hydrogen-bond acceptors (Lipinski definition) is 6. The fourth-order valence-corrected chi connectivity index (χ4v) is 2.60. The van der Waals surface area contributed by atoms with Gasteiger partial charge in [-0.15, -0.1) is 0 Å². The summed E-state index contributed by atoms with van der Waals surface area (Å²) < 4.78 is 30.4. The van der Waals surface area contributed by atoms with Crippen LogP contribution < -0.4 is 5.32 Å². The summed E-state index contributed by atoms with van der Waals surface area (Å²) in [6, 6.07) is 0. The molecule has 0 unspecified atom stereocenters. The van der Waals surface area contributed by atoms with E-state index in [1.807, 2.05) is 0 Å². The zero-order valence-electron chi connectivity index (χ0n) is 10.3. The molecule has 1 heterocycles. The highest BCUT2D eigenvalue weighted by Crippen LogP contribution is 2.13. The van der Waals surface area contributed by atoms with Crippen LogP contribution in [0.15, 0.2) is 11.3 Å². The van der Waals surface area contributed by atoms with Gasteiger partial charge in [-0.1, -0.05) is 0 Å². The molecule has 1 rings (SSSR count). The number of thioether (sulfide) groups is 1. The Morgan fingerprint density at radius 1 is 1.63 bits per heavy atom. The van der Waals surface area contributed by atoms with E-state index in [9.17, 15) is 8.42 Å². The second-order valence-electron chi connectivity index (χ2n) is 3.45. The molecular weight excluding hydrogens is 292 g/mol. The van der Waals surface area contributed by atoms with Gasteiger partial charge in [0.15, 0.2) is 0 Å². The maximum atomic E-state index is 10.8. The molecule has 4 N–H and O–H groups in total. The molecule has 0 aliphatic rings. The van der Waals surface area contributed by atoms with E-state index in [1.54, 1.807) is 0 Å². The summed E-state index contributed by atoms with van der Waals surface area (Å²) in [5.41, 5.74) is 1.44. The Morgan fingerprint density at radius 3 is 2.95 bits per heavy atom. The standard InChI is InChI=1S/C9H16N4O4S2/c1-10-9(19(15,16)17)11-2-3-18-5-8-7(4-14)12-6-13-8/h6,14H,2-5H2,1H3,(H,10,11)(H,12,13)(H,15,16,17). The van der Waals surface area contributed by atoms with Crippen molar-refractivity contribution in [3.05, 3.63) is 17.7 Å². The zero-order chi connectivity index (χ0) is 14.3. The lowest BCUT2D eigenvalue weighted by Crippen LogP contribution is -2.28. The zero-order valence-corrected chi connectivity index (χ0v) is 12.0. The molecule has 108 valence electrons. The Hall–Kier alpha value is -1.10. The molecule has 10 heteroatoms. The van der Waals surface area contributed by atoms with Gasteiger partial charge in [0.05, 0.1) is 30.9 Å². The van der Waals surface area contributed by atoms with Crippen molar-refractivity contribution >= 4 is 27.0 Å². The molecule has 0 aliphatic carbocycles. The molecule has 0 bridgehead atoms. The number of aromatic amines is 1. The summed E-state index contributed by atoms with van der Waals surface area (Å²) in [6.45, 7) is 0.153. The molecule has 0 radical (unpaired) electrons. The summed E-state index contributed by atoms with van der Waals surface area (Å²) in [5.74, 6) is 1.16. The minimum atomic E-state index is -4.28. The summed E-state index contributed by atoms with van der Waals surface area (Å²) in [4.78, 5) is 10.6. The molecule has 0 saturated carbocycles. The van der Waals surface area contributed by atoms with Gasteiger partial charge in [-0.2, -0.15) is 20.2 Å². The van der Waals surface area contributed by atoms with Crippen LogP contribution in [0.5, 0.6) is 0 Å². The normalized spacial score (nSPS) is 12.7. The van der Waals surface area contributed by atoms with E-state index in [0.717, 1.165) is 5.69 Å². The average molecular weight is 308 g/mol. The largest absolute Gasteiger partial charge is 0.390 e. The number of nitrogens with one attached hydrogen (secondary N) is 2. The van der Waals surface area contributed by atoms with Gasteiger partial charge in [-0.25, -0.2) is 4.98 Å². The average Bonchev–Trinajstić information content (AvgIpc) is 2.79. The SMILES string of the molecule is CN/C(=N\CCSCc1nc[nH]c1CO)S(=O)(=O)O. The van der Waals surface area contributed by atoms with Crippen molar-refractivity contribution in [1.82, 2.24) is 15.3 Å². The number of nitrogens with zero attached hydrogens (tertiary/aromatic N) is 2. The number of aliphatic hydroxyl groups is 1. The lowest BCUT2D eigenvalue weighted by Gasteiger charge is -2.02. The summed E-state index contributed by atoms with van der Waals surface area (Å²) >= 11 is 1.50. The van der Waals surface area contributed by atoms with Crippen molar-refractivity contribution in [1.29, 1.82) is 0 Å². The van der Waals surface area contributed by atoms with Gasteiger partial charge in [0.1, 0.15) is 0 Å². The first kappa shape index (κ1) is 16.0. The third-order valence-electron chi connectivity index (χ3n) is 2.15. The van der Waals surface area contributed by atoms with Crippen molar-refractivity contribution in [2.75, 3.05) is 19.3 Å². The number of hydrogen-bond donors (Lipinski definition) is 4. The Labute approximate surface area is 115 Å². The summed E-state index contributed by atoms with van der Waals surface area (Å²) in [6.07, 6.45) is 1.51. The molecule has 1 aromatic heterocycles.